The van der Waals surface area contributed by atoms with Gasteiger partial charge in [0.05, 0.1) is 16.8 Å². The van der Waals surface area contributed by atoms with Crippen molar-refractivity contribution in [1.82, 2.24) is 29.5 Å². The largest absolute Gasteiger partial charge is 0.354 e. The first-order valence-electron chi connectivity index (χ1n) is 12.0. The molecule has 8 nitrogen and oxygen atoms in total. The molecule has 9 heteroatoms. The maximum Gasteiger partial charge on any atom is 0.319 e. The van der Waals surface area contributed by atoms with E-state index in [0.717, 1.165) is 59.9 Å². The zero-order chi connectivity index (χ0) is 24.4. The molecule has 1 aliphatic rings. The molecule has 4 rings (SSSR count). The van der Waals surface area contributed by atoms with Crippen LogP contribution in [0.1, 0.15) is 50.5 Å². The molecule has 0 bridgehead atoms. The Morgan fingerprint density at radius 2 is 1.85 bits per heavy atom. The second kappa shape index (κ2) is 9.95. The van der Waals surface area contributed by atoms with Crippen molar-refractivity contribution in [1.29, 1.82) is 0 Å². The summed E-state index contributed by atoms with van der Waals surface area (Å²) >= 11 is 0. The van der Waals surface area contributed by atoms with Crippen LogP contribution in [-0.4, -0.2) is 75.9 Å². The highest BCUT2D eigenvalue weighted by Gasteiger charge is 2.26. The van der Waals surface area contributed by atoms with Gasteiger partial charge in [-0.05, 0) is 44.0 Å². The van der Waals surface area contributed by atoms with Crippen molar-refractivity contribution >= 4 is 22.9 Å². The first-order valence-corrected chi connectivity index (χ1v) is 12.0. The van der Waals surface area contributed by atoms with E-state index in [1.807, 2.05) is 11.8 Å². The maximum atomic E-state index is 13.6. The van der Waals surface area contributed by atoms with Crippen molar-refractivity contribution in [3.63, 3.8) is 0 Å². The predicted octanol–water partition coefficient (Wildman–Crippen LogP) is 4.36. The number of amides is 2. The van der Waals surface area contributed by atoms with Gasteiger partial charge in [0.15, 0.2) is 5.65 Å². The van der Waals surface area contributed by atoms with Crippen molar-refractivity contribution in [2.75, 3.05) is 45.2 Å². The highest BCUT2D eigenvalue weighted by Crippen LogP contribution is 2.32. The van der Waals surface area contributed by atoms with Gasteiger partial charge in [-0.25, -0.2) is 23.8 Å². The van der Waals surface area contributed by atoms with Crippen LogP contribution in [0.4, 0.5) is 15.0 Å². The van der Waals surface area contributed by atoms with Gasteiger partial charge in [-0.15, -0.1) is 0 Å². The Hall–Kier alpha value is -3.23. The Kier molecular flexibility index (Phi) is 7.00. The summed E-state index contributed by atoms with van der Waals surface area (Å²) < 4.78 is 15.4. The van der Waals surface area contributed by atoms with E-state index in [-0.39, 0.29) is 17.8 Å². The van der Waals surface area contributed by atoms with Crippen LogP contribution in [0.5, 0.6) is 0 Å². The molecule has 2 aromatic heterocycles. The molecule has 1 atom stereocenters. The van der Waals surface area contributed by atoms with Crippen molar-refractivity contribution in [3.05, 3.63) is 41.6 Å². The molecule has 0 spiro atoms. The van der Waals surface area contributed by atoms with E-state index >= 15 is 0 Å². The highest BCUT2D eigenvalue weighted by molar-refractivity contribution is 5.91. The quantitative estimate of drug-likeness (QED) is 0.558. The number of urea groups is 1. The van der Waals surface area contributed by atoms with Crippen molar-refractivity contribution < 1.29 is 9.18 Å². The summed E-state index contributed by atoms with van der Waals surface area (Å²) in [4.78, 5) is 28.3. The first kappa shape index (κ1) is 23.9. The summed E-state index contributed by atoms with van der Waals surface area (Å²) in [6, 6.07) is 6.34. The number of rotatable bonds is 5. The second-order valence-electron chi connectivity index (χ2n) is 9.27. The Bertz CT molecular complexity index is 1160. The first-order chi connectivity index (χ1) is 16.3. The van der Waals surface area contributed by atoms with Crippen LogP contribution in [0.3, 0.4) is 0 Å². The number of carbonyl (C=O) groups is 1. The predicted molar refractivity (Wildman–Crippen MR) is 132 cm³/mol. The van der Waals surface area contributed by atoms with Gasteiger partial charge in [-0.3, -0.25) is 0 Å². The number of nitrogens with zero attached hydrogens (tertiary/aromatic N) is 7. The summed E-state index contributed by atoms with van der Waals surface area (Å²) in [6.45, 7) is 9.11. The molecule has 182 valence electrons. The van der Waals surface area contributed by atoms with Crippen LogP contribution in [0.2, 0.25) is 0 Å². The van der Waals surface area contributed by atoms with E-state index in [2.05, 4.69) is 18.7 Å². The van der Waals surface area contributed by atoms with Crippen LogP contribution >= 0.6 is 0 Å². The smallest absolute Gasteiger partial charge is 0.319 e. The Labute approximate surface area is 200 Å². The SMILES string of the molecule is CCCC(C)c1nc(N2CCCN(C(=O)N(C)C)CC2)c2c(C)nn(-c3ccc(F)cc3)c2n1. The fourth-order valence-electron chi connectivity index (χ4n) is 4.56. The van der Waals surface area contributed by atoms with Gasteiger partial charge in [0.25, 0.3) is 0 Å². The number of carbonyl (C=O) groups excluding carboxylic acids is 1. The fourth-order valence-corrected chi connectivity index (χ4v) is 4.56. The summed E-state index contributed by atoms with van der Waals surface area (Å²) in [5.74, 6) is 1.57. The van der Waals surface area contributed by atoms with Gasteiger partial charge in [-0.2, -0.15) is 5.10 Å². The lowest BCUT2D eigenvalue weighted by atomic mass is 10.1. The molecule has 1 aliphatic heterocycles. The number of anilines is 1. The molecule has 34 heavy (non-hydrogen) atoms. The lowest BCUT2D eigenvalue weighted by Crippen LogP contribution is -2.41. The third-order valence-electron chi connectivity index (χ3n) is 6.38. The van der Waals surface area contributed by atoms with Crippen LogP contribution in [0, 0.1) is 12.7 Å². The number of halogens is 1. The van der Waals surface area contributed by atoms with Crippen LogP contribution in [-0.2, 0) is 0 Å². The Balaban J connectivity index is 1.80. The molecule has 0 radical (unpaired) electrons. The van der Waals surface area contributed by atoms with Gasteiger partial charge in [-0.1, -0.05) is 20.3 Å². The molecule has 2 amide bonds. The van der Waals surface area contributed by atoms with Crippen molar-refractivity contribution in [3.8, 4) is 5.69 Å². The van der Waals surface area contributed by atoms with Crippen LogP contribution < -0.4 is 4.90 Å². The number of hydrogen-bond donors (Lipinski definition) is 0. The lowest BCUT2D eigenvalue weighted by Gasteiger charge is -2.26. The van der Waals surface area contributed by atoms with E-state index in [1.54, 1.807) is 35.8 Å². The van der Waals surface area contributed by atoms with Gasteiger partial charge < -0.3 is 14.7 Å². The number of aryl methyl sites for hydroxylation is 1. The van der Waals surface area contributed by atoms with Crippen molar-refractivity contribution in [2.24, 2.45) is 0 Å². The molecule has 1 fully saturated rings. The third kappa shape index (κ3) is 4.69. The Morgan fingerprint density at radius 1 is 1.12 bits per heavy atom. The van der Waals surface area contributed by atoms with Crippen LogP contribution in [0.15, 0.2) is 24.3 Å². The van der Waals surface area contributed by atoms with E-state index in [9.17, 15) is 9.18 Å². The second-order valence-corrected chi connectivity index (χ2v) is 9.27. The standard InChI is InChI=1S/C25H34FN7O/c1-6-8-17(2)22-27-23(31-13-7-14-32(16-15-31)25(34)30(4)5)21-18(3)29-33(24(21)28-22)20-11-9-19(26)10-12-20/h9-12,17H,6-8,13-16H2,1-5H3. The molecule has 3 heterocycles. The van der Waals surface area contributed by atoms with Crippen LogP contribution in [0.25, 0.3) is 16.7 Å². The summed E-state index contributed by atoms with van der Waals surface area (Å²) in [7, 11) is 3.57. The normalized spacial score (nSPS) is 15.5. The number of fused-ring (bicyclic) bond motifs is 1. The molecule has 3 aromatic rings. The van der Waals surface area contributed by atoms with E-state index in [4.69, 9.17) is 15.1 Å². The van der Waals surface area contributed by atoms with Crippen molar-refractivity contribution in [2.45, 2.75) is 46.0 Å². The molecule has 0 saturated carbocycles. The minimum atomic E-state index is -0.286. The molecule has 1 aromatic carbocycles. The summed E-state index contributed by atoms with van der Waals surface area (Å²) in [6.07, 6.45) is 2.88. The zero-order valence-electron chi connectivity index (χ0n) is 20.8. The minimum Gasteiger partial charge on any atom is -0.354 e. The molecule has 0 aliphatic carbocycles. The van der Waals surface area contributed by atoms with Gasteiger partial charge in [0.2, 0.25) is 0 Å². The molecule has 1 unspecified atom stereocenters. The average Bonchev–Trinajstić information content (AvgIpc) is 2.99. The summed E-state index contributed by atoms with van der Waals surface area (Å²) in [5.41, 5.74) is 2.32. The third-order valence-corrected chi connectivity index (χ3v) is 6.38. The molecular weight excluding hydrogens is 433 g/mol. The van der Waals surface area contributed by atoms with Gasteiger partial charge >= 0.3 is 6.03 Å². The van der Waals surface area contributed by atoms with Gasteiger partial charge in [0.1, 0.15) is 17.5 Å². The monoisotopic (exact) mass is 467 g/mol. The fraction of sp³-hybridized carbons (Fsp3) is 0.520. The molecule has 1 saturated heterocycles. The number of hydrogen-bond acceptors (Lipinski definition) is 5. The van der Waals surface area contributed by atoms with Gasteiger partial charge in [0, 0.05) is 46.2 Å². The van der Waals surface area contributed by atoms with E-state index < -0.39 is 0 Å². The zero-order valence-corrected chi connectivity index (χ0v) is 20.8. The average molecular weight is 468 g/mol. The topological polar surface area (TPSA) is 70.4 Å². The number of aromatic nitrogens is 4. The molecule has 0 N–H and O–H groups in total. The number of benzene rings is 1. The van der Waals surface area contributed by atoms with E-state index in [0.29, 0.717) is 19.6 Å². The maximum absolute atomic E-state index is 13.6. The molecular formula is C25H34FN7O. The minimum absolute atomic E-state index is 0.0345. The lowest BCUT2D eigenvalue weighted by molar-refractivity contribution is 0.174. The van der Waals surface area contributed by atoms with E-state index in [1.165, 1.54) is 12.1 Å². The highest BCUT2D eigenvalue weighted by atomic mass is 19.1. The Morgan fingerprint density at radius 3 is 2.53 bits per heavy atom. The summed E-state index contributed by atoms with van der Waals surface area (Å²) in [5, 5.41) is 5.68.